The summed E-state index contributed by atoms with van der Waals surface area (Å²) < 4.78 is 0. The molecule has 2 heteroatoms. The minimum atomic E-state index is 1.23. The highest BCUT2D eigenvalue weighted by atomic mass is 14.8. The summed E-state index contributed by atoms with van der Waals surface area (Å²) in [6, 6.07) is 0. The van der Waals surface area contributed by atoms with E-state index in [2.05, 4.69) is 24.5 Å². The van der Waals surface area contributed by atoms with Crippen LogP contribution in [0.25, 0.3) is 0 Å². The number of unbranched alkanes of at least 4 members (excludes halogenated alkanes) is 21. The van der Waals surface area contributed by atoms with Crippen LogP contribution in [0, 0.1) is 0 Å². The lowest BCUT2D eigenvalue weighted by atomic mass is 10.1. The fourth-order valence-corrected chi connectivity index (χ4v) is 4.58. The van der Waals surface area contributed by atoms with Gasteiger partial charge in [0.25, 0.3) is 0 Å². The van der Waals surface area contributed by atoms with Crippen LogP contribution in [0.1, 0.15) is 168 Å². The molecule has 0 aromatic heterocycles. The predicted octanol–water partition coefficient (Wildman–Crippen LogP) is 9.57. The van der Waals surface area contributed by atoms with Gasteiger partial charge < -0.3 is 10.6 Å². The molecular formula is C30H64N2. The molecule has 0 bridgehead atoms. The van der Waals surface area contributed by atoms with Crippen LogP contribution in [0.15, 0.2) is 0 Å². The minimum absolute atomic E-state index is 1.23. The molecule has 0 aliphatic rings. The highest BCUT2D eigenvalue weighted by Crippen LogP contribution is 2.11. The molecule has 0 rings (SSSR count). The van der Waals surface area contributed by atoms with E-state index in [-0.39, 0.29) is 0 Å². The maximum Gasteiger partial charge on any atom is -0.00489 e. The average molecular weight is 453 g/mol. The second-order valence-electron chi connectivity index (χ2n) is 10.3. The Bertz CT molecular complexity index is 275. The number of hydrogen-bond donors (Lipinski definition) is 2. The Morgan fingerprint density at radius 3 is 0.656 bits per heavy atom. The standard InChI is InChI=1S/C30H64N2/c1-3-5-7-9-11-13-15-17-19-23-27-31-29-25-21-22-26-30-32-28-24-20-18-16-14-12-10-8-6-4-2/h31-32H,3-30H2,1-2H3. The van der Waals surface area contributed by atoms with Crippen LogP contribution in [-0.4, -0.2) is 26.2 Å². The number of nitrogens with one attached hydrogen (secondary N) is 2. The molecule has 2 N–H and O–H groups in total. The Morgan fingerprint density at radius 1 is 0.250 bits per heavy atom. The summed E-state index contributed by atoms with van der Waals surface area (Å²) in [5.74, 6) is 0. The van der Waals surface area contributed by atoms with Gasteiger partial charge in [-0.15, -0.1) is 0 Å². The fourth-order valence-electron chi connectivity index (χ4n) is 4.58. The van der Waals surface area contributed by atoms with Crippen LogP contribution in [0.2, 0.25) is 0 Å². The van der Waals surface area contributed by atoms with Crippen LogP contribution in [-0.2, 0) is 0 Å². The second-order valence-corrected chi connectivity index (χ2v) is 10.3. The van der Waals surface area contributed by atoms with Gasteiger partial charge in [-0.2, -0.15) is 0 Å². The molecule has 0 aliphatic heterocycles. The van der Waals surface area contributed by atoms with E-state index < -0.39 is 0 Å². The lowest BCUT2D eigenvalue weighted by molar-refractivity contribution is 0.523. The van der Waals surface area contributed by atoms with Gasteiger partial charge in [-0.05, 0) is 51.9 Å². The third kappa shape index (κ3) is 29.9. The second kappa shape index (κ2) is 30.9. The first-order valence-electron chi connectivity index (χ1n) is 15.3. The van der Waals surface area contributed by atoms with E-state index in [1.54, 1.807) is 0 Å². The number of rotatable bonds is 29. The Kier molecular flexibility index (Phi) is 30.8. The lowest BCUT2D eigenvalue weighted by Gasteiger charge is -2.06. The van der Waals surface area contributed by atoms with Gasteiger partial charge in [0.05, 0.1) is 0 Å². The van der Waals surface area contributed by atoms with Gasteiger partial charge in [-0.1, -0.05) is 142 Å². The van der Waals surface area contributed by atoms with Crippen molar-refractivity contribution in [3.8, 4) is 0 Å². The molecule has 0 atom stereocenters. The molecule has 0 fully saturated rings. The van der Waals surface area contributed by atoms with Crippen molar-refractivity contribution in [2.45, 2.75) is 168 Å². The zero-order valence-electron chi connectivity index (χ0n) is 22.8. The molecule has 0 aromatic rings. The summed E-state index contributed by atoms with van der Waals surface area (Å²) in [5.41, 5.74) is 0. The normalized spacial score (nSPS) is 11.4. The molecule has 0 heterocycles. The van der Waals surface area contributed by atoms with Crippen molar-refractivity contribution in [1.82, 2.24) is 10.6 Å². The summed E-state index contributed by atoms with van der Waals surface area (Å²) in [6.07, 6.45) is 34.2. The first-order chi connectivity index (χ1) is 15.9. The molecule has 0 aliphatic carbocycles. The van der Waals surface area contributed by atoms with Crippen molar-refractivity contribution in [2.24, 2.45) is 0 Å². The third-order valence-electron chi connectivity index (χ3n) is 6.87. The SMILES string of the molecule is CCCCCCCCCCCCNCCCCCCNCCCCCCCCCCCC. The van der Waals surface area contributed by atoms with E-state index in [9.17, 15) is 0 Å². The van der Waals surface area contributed by atoms with Gasteiger partial charge in [0.1, 0.15) is 0 Å². The topological polar surface area (TPSA) is 24.1 Å². The summed E-state index contributed by atoms with van der Waals surface area (Å²) in [7, 11) is 0. The lowest BCUT2D eigenvalue weighted by Crippen LogP contribution is -2.17. The van der Waals surface area contributed by atoms with E-state index in [0.717, 1.165) is 0 Å². The molecular weight excluding hydrogens is 388 g/mol. The summed E-state index contributed by atoms with van der Waals surface area (Å²) in [5, 5.41) is 7.29. The zero-order chi connectivity index (χ0) is 23.2. The summed E-state index contributed by atoms with van der Waals surface area (Å²) >= 11 is 0. The van der Waals surface area contributed by atoms with Gasteiger partial charge in [-0.3, -0.25) is 0 Å². The van der Waals surface area contributed by atoms with Crippen molar-refractivity contribution < 1.29 is 0 Å². The van der Waals surface area contributed by atoms with Crippen molar-refractivity contribution in [1.29, 1.82) is 0 Å². The molecule has 0 saturated heterocycles. The molecule has 32 heavy (non-hydrogen) atoms. The number of hydrogen-bond acceptors (Lipinski definition) is 2. The van der Waals surface area contributed by atoms with Crippen LogP contribution >= 0.6 is 0 Å². The average Bonchev–Trinajstić information content (AvgIpc) is 2.81. The van der Waals surface area contributed by atoms with Gasteiger partial charge in [0, 0.05) is 0 Å². The van der Waals surface area contributed by atoms with Crippen molar-refractivity contribution in [3.63, 3.8) is 0 Å². The Morgan fingerprint density at radius 2 is 0.438 bits per heavy atom. The molecule has 2 nitrogen and oxygen atoms in total. The van der Waals surface area contributed by atoms with Crippen LogP contribution in [0.4, 0.5) is 0 Å². The van der Waals surface area contributed by atoms with E-state index in [0.29, 0.717) is 0 Å². The molecule has 0 spiro atoms. The maximum absolute atomic E-state index is 3.65. The largest absolute Gasteiger partial charge is 0.317 e. The van der Waals surface area contributed by atoms with E-state index >= 15 is 0 Å². The summed E-state index contributed by atoms with van der Waals surface area (Å²) in [6.45, 7) is 9.51. The molecule has 0 radical (unpaired) electrons. The Hall–Kier alpha value is -0.0800. The van der Waals surface area contributed by atoms with Crippen LogP contribution in [0.3, 0.4) is 0 Å². The van der Waals surface area contributed by atoms with Gasteiger partial charge in [-0.25, -0.2) is 0 Å². The minimum Gasteiger partial charge on any atom is -0.317 e. The maximum atomic E-state index is 3.65. The Labute approximate surface area is 204 Å². The van der Waals surface area contributed by atoms with Gasteiger partial charge >= 0.3 is 0 Å². The van der Waals surface area contributed by atoms with Crippen molar-refractivity contribution in [3.05, 3.63) is 0 Å². The molecule has 0 aromatic carbocycles. The highest BCUT2D eigenvalue weighted by Gasteiger charge is 1.95. The third-order valence-corrected chi connectivity index (χ3v) is 6.87. The van der Waals surface area contributed by atoms with Crippen LogP contribution < -0.4 is 10.6 Å². The smallest absolute Gasteiger partial charge is 0.00489 e. The van der Waals surface area contributed by atoms with Crippen LogP contribution in [0.5, 0.6) is 0 Å². The van der Waals surface area contributed by atoms with Crippen molar-refractivity contribution in [2.75, 3.05) is 26.2 Å². The Balaban J connectivity index is 2.98. The van der Waals surface area contributed by atoms with Crippen molar-refractivity contribution >= 4 is 0 Å². The molecule has 0 unspecified atom stereocenters. The zero-order valence-corrected chi connectivity index (χ0v) is 22.8. The van der Waals surface area contributed by atoms with E-state index in [1.165, 1.54) is 180 Å². The highest BCUT2D eigenvalue weighted by molar-refractivity contribution is 4.54. The molecule has 0 saturated carbocycles. The van der Waals surface area contributed by atoms with E-state index in [1.807, 2.05) is 0 Å². The predicted molar refractivity (Wildman–Crippen MR) is 148 cm³/mol. The monoisotopic (exact) mass is 453 g/mol. The quantitative estimate of drug-likeness (QED) is 0.110. The first kappa shape index (κ1) is 31.9. The van der Waals surface area contributed by atoms with Gasteiger partial charge in [0.2, 0.25) is 0 Å². The molecule has 194 valence electrons. The van der Waals surface area contributed by atoms with E-state index in [4.69, 9.17) is 0 Å². The summed E-state index contributed by atoms with van der Waals surface area (Å²) in [4.78, 5) is 0. The fraction of sp³-hybridized carbons (Fsp3) is 1.00. The van der Waals surface area contributed by atoms with Gasteiger partial charge in [0.15, 0.2) is 0 Å². The first-order valence-corrected chi connectivity index (χ1v) is 15.3. The molecule has 0 amide bonds.